The van der Waals surface area contributed by atoms with E-state index >= 15 is 0 Å². The summed E-state index contributed by atoms with van der Waals surface area (Å²) in [5.74, 6) is -0.402. The van der Waals surface area contributed by atoms with Crippen molar-refractivity contribution in [2.45, 2.75) is 6.54 Å². The molecule has 0 atom stereocenters. The first-order valence-corrected chi connectivity index (χ1v) is 8.09. The molecule has 132 valence electrons. The van der Waals surface area contributed by atoms with E-state index in [1.165, 1.54) is 4.90 Å². The fourth-order valence-corrected chi connectivity index (χ4v) is 2.38. The summed E-state index contributed by atoms with van der Waals surface area (Å²) in [5, 5.41) is 20.8. The number of rotatable bonds is 8. The van der Waals surface area contributed by atoms with Gasteiger partial charge < -0.3 is 20.4 Å². The zero-order valence-electron chi connectivity index (χ0n) is 13.9. The lowest BCUT2D eigenvalue weighted by Crippen LogP contribution is -2.35. The SMILES string of the molecule is O=C(NCc1ccc(C(=O)N(CCO)CCO)cc1)c1ccccc1. The molecule has 0 aliphatic rings. The minimum Gasteiger partial charge on any atom is -0.395 e. The van der Waals surface area contributed by atoms with Crippen molar-refractivity contribution in [1.82, 2.24) is 10.2 Å². The first-order chi connectivity index (χ1) is 12.2. The molecule has 6 heteroatoms. The summed E-state index contributed by atoms with van der Waals surface area (Å²) in [4.78, 5) is 25.7. The maximum atomic E-state index is 12.3. The van der Waals surface area contributed by atoms with Crippen LogP contribution in [0.3, 0.4) is 0 Å². The maximum Gasteiger partial charge on any atom is 0.254 e. The van der Waals surface area contributed by atoms with Crippen molar-refractivity contribution in [1.29, 1.82) is 0 Å². The summed E-state index contributed by atoms with van der Waals surface area (Å²) in [5.41, 5.74) is 1.94. The van der Waals surface area contributed by atoms with E-state index in [1.807, 2.05) is 6.07 Å². The zero-order valence-corrected chi connectivity index (χ0v) is 13.9. The molecule has 2 rings (SSSR count). The van der Waals surface area contributed by atoms with Crippen molar-refractivity contribution in [3.05, 3.63) is 71.3 Å². The van der Waals surface area contributed by atoms with E-state index in [9.17, 15) is 9.59 Å². The minimum atomic E-state index is -0.247. The number of aliphatic hydroxyl groups is 2. The van der Waals surface area contributed by atoms with Crippen LogP contribution in [-0.2, 0) is 6.54 Å². The molecule has 0 unspecified atom stereocenters. The third kappa shape index (κ3) is 5.41. The van der Waals surface area contributed by atoms with Gasteiger partial charge in [0.2, 0.25) is 0 Å². The highest BCUT2D eigenvalue weighted by Gasteiger charge is 2.14. The van der Waals surface area contributed by atoms with Crippen molar-refractivity contribution in [2.75, 3.05) is 26.3 Å². The van der Waals surface area contributed by atoms with Gasteiger partial charge in [-0.15, -0.1) is 0 Å². The van der Waals surface area contributed by atoms with Crippen molar-refractivity contribution in [2.24, 2.45) is 0 Å². The highest BCUT2D eigenvalue weighted by atomic mass is 16.3. The summed E-state index contributed by atoms with van der Waals surface area (Å²) in [6, 6.07) is 15.8. The predicted octanol–water partition coefficient (Wildman–Crippen LogP) is 1.04. The number of benzene rings is 2. The topological polar surface area (TPSA) is 89.9 Å². The molecular weight excluding hydrogens is 320 g/mol. The summed E-state index contributed by atoms with van der Waals surface area (Å²) < 4.78 is 0. The molecule has 0 aliphatic heterocycles. The summed E-state index contributed by atoms with van der Waals surface area (Å²) >= 11 is 0. The lowest BCUT2D eigenvalue weighted by Gasteiger charge is -2.20. The summed E-state index contributed by atoms with van der Waals surface area (Å²) in [6.45, 7) is 0.395. The van der Waals surface area contributed by atoms with E-state index in [0.29, 0.717) is 17.7 Å². The van der Waals surface area contributed by atoms with Crippen LogP contribution in [0, 0.1) is 0 Å². The Bertz CT molecular complexity index is 680. The third-order valence-corrected chi connectivity index (χ3v) is 3.72. The second-order valence-corrected chi connectivity index (χ2v) is 5.49. The number of carbonyl (C=O) groups is 2. The molecule has 0 saturated carbocycles. The fourth-order valence-electron chi connectivity index (χ4n) is 2.38. The molecule has 0 fully saturated rings. The smallest absolute Gasteiger partial charge is 0.254 e. The lowest BCUT2D eigenvalue weighted by atomic mass is 10.1. The Morgan fingerprint density at radius 2 is 1.44 bits per heavy atom. The van der Waals surface area contributed by atoms with E-state index in [1.54, 1.807) is 48.5 Å². The Labute approximate surface area is 146 Å². The standard InChI is InChI=1S/C19H22N2O4/c22-12-10-21(11-13-23)19(25)17-8-6-15(7-9-17)14-20-18(24)16-4-2-1-3-5-16/h1-9,22-23H,10-14H2,(H,20,24). The van der Waals surface area contributed by atoms with Crippen LogP contribution >= 0.6 is 0 Å². The Kier molecular flexibility index (Phi) is 7.13. The van der Waals surface area contributed by atoms with Gasteiger partial charge in [-0.3, -0.25) is 9.59 Å². The second kappa shape index (κ2) is 9.56. The number of nitrogens with one attached hydrogen (secondary N) is 1. The van der Waals surface area contributed by atoms with Crippen molar-refractivity contribution in [3.8, 4) is 0 Å². The van der Waals surface area contributed by atoms with Crippen LogP contribution in [0.1, 0.15) is 26.3 Å². The molecule has 0 heterocycles. The Morgan fingerprint density at radius 3 is 2.00 bits per heavy atom. The van der Waals surface area contributed by atoms with E-state index in [0.717, 1.165) is 5.56 Å². The molecule has 2 amide bonds. The number of aliphatic hydroxyl groups excluding tert-OH is 2. The molecule has 0 spiro atoms. The van der Waals surface area contributed by atoms with Gasteiger partial charge in [-0.05, 0) is 29.8 Å². The van der Waals surface area contributed by atoms with E-state index in [4.69, 9.17) is 10.2 Å². The van der Waals surface area contributed by atoms with E-state index < -0.39 is 0 Å². The molecule has 0 saturated heterocycles. The molecular formula is C19H22N2O4. The average molecular weight is 342 g/mol. The highest BCUT2D eigenvalue weighted by molar-refractivity contribution is 5.95. The van der Waals surface area contributed by atoms with E-state index in [-0.39, 0.29) is 38.1 Å². The van der Waals surface area contributed by atoms with Gasteiger partial charge in [-0.1, -0.05) is 30.3 Å². The predicted molar refractivity (Wildman–Crippen MR) is 94.1 cm³/mol. The average Bonchev–Trinajstić information content (AvgIpc) is 2.66. The number of hydrogen-bond acceptors (Lipinski definition) is 4. The van der Waals surface area contributed by atoms with Gasteiger partial charge >= 0.3 is 0 Å². The van der Waals surface area contributed by atoms with Crippen molar-refractivity contribution >= 4 is 11.8 Å². The molecule has 0 aliphatic carbocycles. The minimum absolute atomic E-state index is 0.155. The highest BCUT2D eigenvalue weighted by Crippen LogP contribution is 2.08. The van der Waals surface area contributed by atoms with Gasteiger partial charge in [0.05, 0.1) is 13.2 Å². The molecule has 2 aromatic carbocycles. The Morgan fingerprint density at radius 1 is 0.840 bits per heavy atom. The van der Waals surface area contributed by atoms with Crippen LogP contribution in [0.5, 0.6) is 0 Å². The van der Waals surface area contributed by atoms with E-state index in [2.05, 4.69) is 5.32 Å². The van der Waals surface area contributed by atoms with Gasteiger partial charge in [-0.25, -0.2) is 0 Å². The molecule has 0 radical (unpaired) electrons. The lowest BCUT2D eigenvalue weighted by molar-refractivity contribution is 0.0684. The molecule has 0 aromatic heterocycles. The van der Waals surface area contributed by atoms with Gasteiger partial charge in [0.25, 0.3) is 11.8 Å². The number of hydrogen-bond donors (Lipinski definition) is 3. The normalized spacial score (nSPS) is 10.3. The van der Waals surface area contributed by atoms with Gasteiger partial charge in [0.1, 0.15) is 0 Å². The summed E-state index contributed by atoms with van der Waals surface area (Å²) in [6.07, 6.45) is 0. The monoisotopic (exact) mass is 342 g/mol. The Hall–Kier alpha value is -2.70. The number of amides is 2. The molecule has 25 heavy (non-hydrogen) atoms. The van der Waals surface area contributed by atoms with Gasteiger partial charge in [0, 0.05) is 30.8 Å². The number of carbonyl (C=O) groups excluding carboxylic acids is 2. The maximum absolute atomic E-state index is 12.3. The van der Waals surface area contributed by atoms with Gasteiger partial charge in [-0.2, -0.15) is 0 Å². The second-order valence-electron chi connectivity index (χ2n) is 5.49. The summed E-state index contributed by atoms with van der Waals surface area (Å²) in [7, 11) is 0. The van der Waals surface area contributed by atoms with Crippen molar-refractivity contribution < 1.29 is 19.8 Å². The Balaban J connectivity index is 1.95. The molecule has 6 nitrogen and oxygen atoms in total. The number of nitrogens with zero attached hydrogens (tertiary/aromatic N) is 1. The van der Waals surface area contributed by atoms with Crippen LogP contribution in [-0.4, -0.2) is 53.2 Å². The largest absolute Gasteiger partial charge is 0.395 e. The van der Waals surface area contributed by atoms with Crippen LogP contribution < -0.4 is 5.32 Å². The van der Waals surface area contributed by atoms with Crippen LogP contribution in [0.25, 0.3) is 0 Å². The first kappa shape index (κ1) is 18.6. The fraction of sp³-hybridized carbons (Fsp3) is 0.263. The van der Waals surface area contributed by atoms with Crippen LogP contribution in [0.2, 0.25) is 0 Å². The molecule has 0 bridgehead atoms. The quantitative estimate of drug-likeness (QED) is 0.669. The third-order valence-electron chi connectivity index (χ3n) is 3.72. The van der Waals surface area contributed by atoms with Crippen LogP contribution in [0.15, 0.2) is 54.6 Å². The molecule has 3 N–H and O–H groups in total. The zero-order chi connectivity index (χ0) is 18.1. The van der Waals surface area contributed by atoms with Crippen molar-refractivity contribution in [3.63, 3.8) is 0 Å². The molecule has 2 aromatic rings. The first-order valence-electron chi connectivity index (χ1n) is 8.09. The van der Waals surface area contributed by atoms with Gasteiger partial charge in [0.15, 0.2) is 0 Å². The van der Waals surface area contributed by atoms with Crippen LogP contribution in [0.4, 0.5) is 0 Å².